The third kappa shape index (κ3) is 12.5. The quantitative estimate of drug-likeness (QED) is 0.274. The van der Waals surface area contributed by atoms with Crippen molar-refractivity contribution in [1.82, 2.24) is 0 Å². The van der Waals surface area contributed by atoms with Crippen molar-refractivity contribution in [2.75, 3.05) is 19.8 Å². The summed E-state index contributed by atoms with van der Waals surface area (Å²) in [5.74, 6) is 0.698. The predicted octanol–water partition coefficient (Wildman–Crippen LogP) is 4.75. The molecule has 0 aliphatic rings. The Hall–Kier alpha value is 0.0900. The Balaban J connectivity index is 3.25. The second-order valence-corrected chi connectivity index (χ2v) is 5.02. The fraction of sp³-hybridized carbons (Fsp3) is 0.867. The number of ether oxygens (including phenoxy) is 1. The molecule has 0 aliphatic carbocycles. The lowest BCUT2D eigenvalue weighted by atomic mass is 10.0. The smallest absolute Gasteiger partial charge is 0.0501 e. The average Bonchev–Trinajstić information content (AvgIpc) is 2.40. The highest BCUT2D eigenvalue weighted by Gasteiger charge is 2.01. The van der Waals surface area contributed by atoms with Crippen LogP contribution in [-0.2, 0) is 9.26 Å². The number of rotatable bonds is 13. The summed E-state index contributed by atoms with van der Waals surface area (Å²) in [6.45, 7) is 7.10. The molecule has 2 unspecified atom stereocenters. The van der Waals surface area contributed by atoms with Crippen molar-refractivity contribution in [1.29, 1.82) is 0 Å². The van der Waals surface area contributed by atoms with Gasteiger partial charge in [-0.05, 0) is 38.0 Å². The van der Waals surface area contributed by atoms with Gasteiger partial charge in [0, 0.05) is 22.7 Å². The molecule has 0 spiro atoms. The predicted molar refractivity (Wildman–Crippen MR) is 82.8 cm³/mol. The topological polar surface area (TPSA) is 18.5 Å². The van der Waals surface area contributed by atoms with Gasteiger partial charge < -0.3 is 9.26 Å². The second kappa shape index (κ2) is 15.1. The average molecular weight is 274 g/mol. The molecule has 0 N–H and O–H groups in total. The zero-order valence-electron chi connectivity index (χ0n) is 12.2. The number of unbranched alkanes of at least 4 members (excludes halogenated alkanes) is 3. The lowest BCUT2D eigenvalue weighted by Crippen LogP contribution is -2.03. The van der Waals surface area contributed by atoms with Crippen molar-refractivity contribution in [3.8, 4) is 0 Å². The van der Waals surface area contributed by atoms with Crippen LogP contribution in [-0.4, -0.2) is 19.8 Å². The summed E-state index contributed by atoms with van der Waals surface area (Å²) in [5.41, 5.74) is 0. The van der Waals surface area contributed by atoms with Gasteiger partial charge in [0.15, 0.2) is 0 Å². The molecule has 0 radical (unpaired) electrons. The van der Waals surface area contributed by atoms with Gasteiger partial charge in [0.25, 0.3) is 0 Å². The number of hydrogen-bond acceptors (Lipinski definition) is 2. The molecule has 0 aromatic carbocycles. The van der Waals surface area contributed by atoms with E-state index in [-0.39, 0.29) is 0 Å². The van der Waals surface area contributed by atoms with Crippen LogP contribution in [0.4, 0.5) is 0 Å². The van der Waals surface area contributed by atoms with Gasteiger partial charge in [0.1, 0.15) is 0 Å². The highest BCUT2D eigenvalue weighted by atomic mass is 31.0. The molecule has 18 heavy (non-hydrogen) atoms. The normalized spacial score (nSPS) is 13.3. The van der Waals surface area contributed by atoms with E-state index in [1.807, 2.05) is 0 Å². The standard InChI is InChI=1S/C15H31O2P/c1-3-5-10-15(4-2)11-14-16-12-8-6-7-9-13-17-18/h5,10,15H,3-4,6-9,11-14,18H2,1-2H3. The summed E-state index contributed by atoms with van der Waals surface area (Å²) in [6, 6.07) is 0. The molecule has 0 saturated heterocycles. The lowest BCUT2D eigenvalue weighted by Gasteiger charge is -2.10. The van der Waals surface area contributed by atoms with Crippen LogP contribution in [0.2, 0.25) is 0 Å². The van der Waals surface area contributed by atoms with Gasteiger partial charge >= 0.3 is 0 Å². The first kappa shape index (κ1) is 18.1. The van der Waals surface area contributed by atoms with Crippen LogP contribution in [0.3, 0.4) is 0 Å². The third-order valence-electron chi connectivity index (χ3n) is 3.10. The van der Waals surface area contributed by atoms with Crippen LogP contribution in [0.25, 0.3) is 0 Å². The molecule has 2 nitrogen and oxygen atoms in total. The second-order valence-electron chi connectivity index (χ2n) is 4.69. The lowest BCUT2D eigenvalue weighted by molar-refractivity contribution is 0.120. The van der Waals surface area contributed by atoms with Gasteiger partial charge in [0.05, 0.1) is 6.61 Å². The van der Waals surface area contributed by atoms with Gasteiger partial charge in [-0.3, -0.25) is 0 Å². The molecule has 108 valence electrons. The molecular formula is C15H31O2P. The first-order valence-corrected chi connectivity index (χ1v) is 7.88. The number of allylic oxidation sites excluding steroid dienone is 2. The van der Waals surface area contributed by atoms with E-state index in [1.165, 1.54) is 25.7 Å². The van der Waals surface area contributed by atoms with E-state index in [0.717, 1.165) is 39.1 Å². The first-order valence-electron chi connectivity index (χ1n) is 7.41. The maximum atomic E-state index is 5.68. The van der Waals surface area contributed by atoms with E-state index in [9.17, 15) is 0 Å². The van der Waals surface area contributed by atoms with Crippen LogP contribution in [0.15, 0.2) is 12.2 Å². The Morgan fingerprint density at radius 1 is 1.00 bits per heavy atom. The first-order chi connectivity index (χ1) is 8.85. The van der Waals surface area contributed by atoms with E-state index >= 15 is 0 Å². The van der Waals surface area contributed by atoms with Crippen molar-refractivity contribution in [3.63, 3.8) is 0 Å². The minimum absolute atomic E-state index is 0.698. The molecule has 2 atom stereocenters. The highest BCUT2D eigenvalue weighted by Crippen LogP contribution is 2.11. The fourth-order valence-corrected chi connectivity index (χ4v) is 2.01. The SMILES string of the molecule is CCC=CC(CC)CCOCCCCCCOP. The van der Waals surface area contributed by atoms with E-state index in [1.54, 1.807) is 0 Å². The van der Waals surface area contributed by atoms with E-state index in [4.69, 9.17) is 9.26 Å². The minimum Gasteiger partial charge on any atom is -0.381 e. The van der Waals surface area contributed by atoms with Crippen molar-refractivity contribution in [2.24, 2.45) is 5.92 Å². The van der Waals surface area contributed by atoms with Crippen molar-refractivity contribution >= 4 is 9.47 Å². The summed E-state index contributed by atoms with van der Waals surface area (Å²) in [7, 11) is 2.30. The molecule has 0 aromatic heterocycles. The molecule has 0 heterocycles. The van der Waals surface area contributed by atoms with E-state index in [0.29, 0.717) is 5.92 Å². The largest absolute Gasteiger partial charge is 0.381 e. The maximum absolute atomic E-state index is 5.68. The molecule has 0 rings (SSSR count). The molecule has 0 saturated carbocycles. The maximum Gasteiger partial charge on any atom is 0.0501 e. The van der Waals surface area contributed by atoms with E-state index in [2.05, 4.69) is 35.5 Å². The summed E-state index contributed by atoms with van der Waals surface area (Å²) < 4.78 is 10.6. The van der Waals surface area contributed by atoms with Crippen LogP contribution in [0.5, 0.6) is 0 Å². The zero-order chi connectivity index (χ0) is 13.5. The van der Waals surface area contributed by atoms with Crippen molar-refractivity contribution < 1.29 is 9.26 Å². The fourth-order valence-electron chi connectivity index (χ4n) is 1.84. The molecular weight excluding hydrogens is 243 g/mol. The summed E-state index contributed by atoms with van der Waals surface area (Å²) in [4.78, 5) is 0. The van der Waals surface area contributed by atoms with Gasteiger partial charge in [-0.2, -0.15) is 0 Å². The van der Waals surface area contributed by atoms with Crippen LogP contribution in [0, 0.1) is 5.92 Å². The number of hydrogen-bond donors (Lipinski definition) is 0. The van der Waals surface area contributed by atoms with Crippen LogP contribution >= 0.6 is 9.47 Å². The monoisotopic (exact) mass is 274 g/mol. The molecule has 0 bridgehead atoms. The summed E-state index contributed by atoms with van der Waals surface area (Å²) >= 11 is 0. The molecule has 0 amide bonds. The summed E-state index contributed by atoms with van der Waals surface area (Å²) in [5, 5.41) is 0. The van der Waals surface area contributed by atoms with Gasteiger partial charge in [-0.25, -0.2) is 0 Å². The Kier molecular flexibility index (Phi) is 15.2. The Bertz CT molecular complexity index is 183. The Morgan fingerprint density at radius 2 is 1.72 bits per heavy atom. The molecule has 0 fully saturated rings. The summed E-state index contributed by atoms with van der Waals surface area (Å²) in [6.07, 6.45) is 13.0. The zero-order valence-corrected chi connectivity index (χ0v) is 13.4. The Morgan fingerprint density at radius 3 is 2.33 bits per heavy atom. The van der Waals surface area contributed by atoms with Gasteiger partial charge in [0.2, 0.25) is 0 Å². The van der Waals surface area contributed by atoms with Crippen LogP contribution < -0.4 is 0 Å². The van der Waals surface area contributed by atoms with Crippen molar-refractivity contribution in [2.45, 2.75) is 58.8 Å². The minimum atomic E-state index is 0.698. The molecule has 0 aliphatic heterocycles. The van der Waals surface area contributed by atoms with E-state index < -0.39 is 0 Å². The van der Waals surface area contributed by atoms with Gasteiger partial charge in [-0.1, -0.05) is 38.8 Å². The molecule has 3 heteroatoms. The Labute approximate surface area is 116 Å². The third-order valence-corrected chi connectivity index (χ3v) is 3.34. The highest BCUT2D eigenvalue weighted by molar-refractivity contribution is 7.09. The molecule has 0 aromatic rings. The van der Waals surface area contributed by atoms with Gasteiger partial charge in [-0.15, -0.1) is 0 Å². The van der Waals surface area contributed by atoms with Crippen molar-refractivity contribution in [3.05, 3.63) is 12.2 Å². The van der Waals surface area contributed by atoms with Crippen LogP contribution in [0.1, 0.15) is 58.8 Å².